The summed E-state index contributed by atoms with van der Waals surface area (Å²) >= 11 is 0. The van der Waals surface area contributed by atoms with Gasteiger partial charge >= 0.3 is 0 Å². The Hall–Kier alpha value is -2.22. The average molecular weight is 259 g/mol. The van der Waals surface area contributed by atoms with Crippen LogP contribution >= 0.6 is 0 Å². The first-order chi connectivity index (χ1) is 9.13. The van der Waals surface area contributed by atoms with Crippen LogP contribution < -0.4 is 10.5 Å². The van der Waals surface area contributed by atoms with Gasteiger partial charge < -0.3 is 15.4 Å². The van der Waals surface area contributed by atoms with Crippen LogP contribution in [0.3, 0.4) is 0 Å². The van der Waals surface area contributed by atoms with Crippen LogP contribution in [0.1, 0.15) is 25.3 Å². The van der Waals surface area contributed by atoms with Gasteiger partial charge in [-0.3, -0.25) is 4.79 Å². The molecular weight excluding hydrogens is 242 g/mol. The first kappa shape index (κ1) is 13.2. The van der Waals surface area contributed by atoms with Gasteiger partial charge in [0.25, 0.3) is 0 Å². The Morgan fingerprint density at radius 1 is 1.63 bits per heavy atom. The summed E-state index contributed by atoms with van der Waals surface area (Å²) in [6.07, 6.45) is 1.93. The first-order valence-electron chi connectivity index (χ1n) is 6.32. The molecule has 1 heterocycles. The fourth-order valence-electron chi connectivity index (χ4n) is 2.40. The van der Waals surface area contributed by atoms with Gasteiger partial charge in [0.2, 0.25) is 5.91 Å². The van der Waals surface area contributed by atoms with Crippen molar-refractivity contribution >= 4 is 11.6 Å². The number of amides is 1. The van der Waals surface area contributed by atoms with Gasteiger partial charge in [0, 0.05) is 13.5 Å². The summed E-state index contributed by atoms with van der Waals surface area (Å²) in [5.41, 5.74) is 6.49. The monoisotopic (exact) mass is 259 g/mol. The highest BCUT2D eigenvalue weighted by Crippen LogP contribution is 2.25. The molecule has 1 atom stereocenters. The highest BCUT2D eigenvalue weighted by atomic mass is 16.5. The normalized spacial score (nSPS) is 18.1. The lowest BCUT2D eigenvalue weighted by Gasteiger charge is -2.23. The molecule has 0 bridgehead atoms. The van der Waals surface area contributed by atoms with Crippen molar-refractivity contribution < 1.29 is 9.53 Å². The number of benzene rings is 1. The van der Waals surface area contributed by atoms with E-state index in [0.29, 0.717) is 23.6 Å². The van der Waals surface area contributed by atoms with E-state index in [4.69, 9.17) is 15.7 Å². The summed E-state index contributed by atoms with van der Waals surface area (Å²) in [6.45, 7) is 2.75. The summed E-state index contributed by atoms with van der Waals surface area (Å²) in [5, 5.41) is 9.06. The number of nitrogens with zero attached hydrogens (tertiary/aromatic N) is 2. The predicted octanol–water partition coefficient (Wildman–Crippen LogP) is 1.53. The third-order valence-electron chi connectivity index (χ3n) is 3.38. The van der Waals surface area contributed by atoms with Crippen molar-refractivity contribution in [3.8, 4) is 11.8 Å². The van der Waals surface area contributed by atoms with Crippen molar-refractivity contribution in [2.45, 2.75) is 25.8 Å². The van der Waals surface area contributed by atoms with Crippen LogP contribution in [0.25, 0.3) is 0 Å². The van der Waals surface area contributed by atoms with Crippen LogP contribution in [0.15, 0.2) is 18.2 Å². The Kier molecular flexibility index (Phi) is 3.91. The molecule has 2 rings (SSSR count). The molecule has 5 heteroatoms. The van der Waals surface area contributed by atoms with E-state index in [1.807, 2.05) is 11.0 Å². The number of anilines is 1. The summed E-state index contributed by atoms with van der Waals surface area (Å²) in [5.74, 6) is 0.553. The number of rotatable bonds is 3. The Morgan fingerprint density at radius 2 is 2.42 bits per heavy atom. The lowest BCUT2D eigenvalue weighted by molar-refractivity contribution is -0.130. The predicted molar refractivity (Wildman–Crippen MR) is 71.5 cm³/mol. The molecule has 1 saturated heterocycles. The van der Waals surface area contributed by atoms with Gasteiger partial charge in [0.05, 0.1) is 11.7 Å². The van der Waals surface area contributed by atoms with E-state index in [1.165, 1.54) is 0 Å². The molecule has 19 heavy (non-hydrogen) atoms. The van der Waals surface area contributed by atoms with Crippen molar-refractivity contribution in [3.63, 3.8) is 0 Å². The third-order valence-corrected chi connectivity index (χ3v) is 3.38. The quantitative estimate of drug-likeness (QED) is 0.835. The van der Waals surface area contributed by atoms with Gasteiger partial charge in [-0.2, -0.15) is 5.26 Å². The molecule has 1 aromatic carbocycles. The van der Waals surface area contributed by atoms with Gasteiger partial charge in [-0.25, -0.2) is 0 Å². The van der Waals surface area contributed by atoms with Gasteiger partial charge in [-0.1, -0.05) is 6.07 Å². The Morgan fingerprint density at radius 3 is 3.11 bits per heavy atom. The van der Waals surface area contributed by atoms with Crippen molar-refractivity contribution in [3.05, 3.63) is 23.8 Å². The molecule has 0 spiro atoms. The smallest absolute Gasteiger partial charge is 0.219 e. The molecule has 1 aliphatic heterocycles. The van der Waals surface area contributed by atoms with E-state index < -0.39 is 0 Å². The average Bonchev–Trinajstić information content (AvgIpc) is 2.84. The molecule has 1 aliphatic rings. The van der Waals surface area contributed by atoms with E-state index in [1.54, 1.807) is 25.1 Å². The van der Waals surface area contributed by atoms with E-state index in [2.05, 4.69) is 0 Å². The molecule has 0 aliphatic carbocycles. The second kappa shape index (κ2) is 5.61. The molecule has 1 fully saturated rings. The van der Waals surface area contributed by atoms with Crippen molar-refractivity contribution in [2.75, 3.05) is 18.9 Å². The molecule has 0 unspecified atom stereocenters. The second-order valence-electron chi connectivity index (χ2n) is 4.65. The van der Waals surface area contributed by atoms with E-state index >= 15 is 0 Å². The first-order valence-corrected chi connectivity index (χ1v) is 6.32. The zero-order valence-electron chi connectivity index (χ0n) is 10.9. The molecule has 0 aromatic heterocycles. The maximum Gasteiger partial charge on any atom is 0.219 e. The molecule has 0 radical (unpaired) electrons. The number of hydrogen-bond donors (Lipinski definition) is 1. The highest BCUT2D eigenvalue weighted by Gasteiger charge is 2.27. The minimum atomic E-state index is 0.0687. The SMILES string of the molecule is CC(=O)N1CCC[C@@H]1COc1cccc(N)c1C#N. The van der Waals surface area contributed by atoms with Crippen LogP contribution in [0.5, 0.6) is 5.75 Å². The van der Waals surface area contributed by atoms with Gasteiger partial charge in [-0.05, 0) is 25.0 Å². The summed E-state index contributed by atoms with van der Waals surface area (Å²) < 4.78 is 5.68. The van der Waals surface area contributed by atoms with E-state index in [9.17, 15) is 4.79 Å². The van der Waals surface area contributed by atoms with Gasteiger partial charge in [-0.15, -0.1) is 0 Å². The second-order valence-corrected chi connectivity index (χ2v) is 4.65. The van der Waals surface area contributed by atoms with Gasteiger partial charge in [0.1, 0.15) is 24.0 Å². The summed E-state index contributed by atoms with van der Waals surface area (Å²) in [7, 11) is 0. The highest BCUT2D eigenvalue weighted by molar-refractivity contribution is 5.73. The number of nitrogen functional groups attached to an aromatic ring is 1. The molecule has 100 valence electrons. The van der Waals surface area contributed by atoms with E-state index in [-0.39, 0.29) is 11.9 Å². The van der Waals surface area contributed by atoms with Crippen LogP contribution in [-0.2, 0) is 4.79 Å². The lowest BCUT2D eigenvalue weighted by atomic mass is 10.2. The molecule has 0 saturated carbocycles. The number of carbonyl (C=O) groups is 1. The van der Waals surface area contributed by atoms with Crippen LogP contribution in [0.2, 0.25) is 0 Å². The van der Waals surface area contributed by atoms with Crippen molar-refractivity contribution in [1.29, 1.82) is 5.26 Å². The zero-order chi connectivity index (χ0) is 13.8. The Labute approximate surface area is 112 Å². The molecule has 1 amide bonds. The maximum atomic E-state index is 11.4. The fourth-order valence-corrected chi connectivity index (χ4v) is 2.40. The number of nitriles is 1. The molecule has 2 N–H and O–H groups in total. The third kappa shape index (κ3) is 2.79. The number of ether oxygens (including phenoxy) is 1. The molecular formula is C14H17N3O2. The maximum absolute atomic E-state index is 11.4. The Bertz CT molecular complexity index is 522. The van der Waals surface area contributed by atoms with Crippen molar-refractivity contribution in [2.24, 2.45) is 0 Å². The summed E-state index contributed by atoms with van der Waals surface area (Å²) in [6, 6.07) is 7.28. The van der Waals surface area contributed by atoms with Crippen LogP contribution in [0.4, 0.5) is 5.69 Å². The zero-order valence-corrected chi connectivity index (χ0v) is 10.9. The van der Waals surface area contributed by atoms with Crippen LogP contribution in [-0.4, -0.2) is 30.0 Å². The minimum absolute atomic E-state index is 0.0687. The molecule has 5 nitrogen and oxygen atoms in total. The number of hydrogen-bond acceptors (Lipinski definition) is 4. The van der Waals surface area contributed by atoms with Gasteiger partial charge in [0.15, 0.2) is 0 Å². The Balaban J connectivity index is 2.05. The number of likely N-dealkylation sites (tertiary alicyclic amines) is 1. The number of carbonyl (C=O) groups excluding carboxylic acids is 1. The van der Waals surface area contributed by atoms with Crippen LogP contribution in [0, 0.1) is 11.3 Å². The minimum Gasteiger partial charge on any atom is -0.490 e. The van der Waals surface area contributed by atoms with Crippen molar-refractivity contribution in [1.82, 2.24) is 4.90 Å². The lowest BCUT2D eigenvalue weighted by Crippen LogP contribution is -2.37. The van der Waals surface area contributed by atoms with E-state index in [0.717, 1.165) is 19.4 Å². The summed E-state index contributed by atoms with van der Waals surface area (Å²) in [4.78, 5) is 13.3. The largest absolute Gasteiger partial charge is 0.490 e. The number of nitrogens with two attached hydrogens (primary N) is 1. The standard InChI is InChI=1S/C14H17N3O2/c1-10(18)17-7-3-4-11(17)9-19-14-6-2-5-13(16)12(14)8-15/h2,5-6,11H,3-4,7,9,16H2,1H3/t11-/m1/s1. The molecule has 1 aromatic rings. The topological polar surface area (TPSA) is 79.3 Å². The fraction of sp³-hybridized carbons (Fsp3) is 0.429.